The zero-order valence-corrected chi connectivity index (χ0v) is 15.4. The van der Waals surface area contributed by atoms with Gasteiger partial charge in [0, 0.05) is 25.2 Å². The highest BCUT2D eigenvalue weighted by Crippen LogP contribution is 2.34. The molecule has 0 aromatic heterocycles. The fourth-order valence-electron chi connectivity index (χ4n) is 4.07. The molecule has 1 fully saturated rings. The van der Waals surface area contributed by atoms with Gasteiger partial charge >= 0.3 is 0 Å². The van der Waals surface area contributed by atoms with E-state index in [1.165, 1.54) is 0 Å². The second-order valence-electron chi connectivity index (χ2n) is 7.46. The number of rotatable bonds is 5. The Morgan fingerprint density at radius 1 is 1.07 bits per heavy atom. The number of fused-ring (bicyclic) bond motifs is 1. The van der Waals surface area contributed by atoms with Gasteiger partial charge in [0.2, 0.25) is 11.8 Å². The summed E-state index contributed by atoms with van der Waals surface area (Å²) in [6.07, 6.45) is 1.30. The molecule has 0 saturated carbocycles. The number of anilines is 1. The minimum absolute atomic E-state index is 0.0491. The third-order valence-electron chi connectivity index (χ3n) is 5.47. The summed E-state index contributed by atoms with van der Waals surface area (Å²) in [5, 5.41) is 6.27. The predicted molar refractivity (Wildman–Crippen MR) is 105 cm³/mol. The van der Waals surface area contributed by atoms with E-state index in [2.05, 4.69) is 22.8 Å². The van der Waals surface area contributed by atoms with Crippen molar-refractivity contribution in [3.05, 3.63) is 65.7 Å². The Hall–Kier alpha value is -2.66. The van der Waals surface area contributed by atoms with Crippen LogP contribution in [0.3, 0.4) is 0 Å². The van der Waals surface area contributed by atoms with Crippen LogP contribution in [0.5, 0.6) is 0 Å². The maximum absolute atomic E-state index is 13.5. The number of hydrogen-bond acceptors (Lipinski definition) is 3. The lowest BCUT2D eigenvalue weighted by atomic mass is 9.89. The van der Waals surface area contributed by atoms with Crippen LogP contribution in [0.4, 0.5) is 5.69 Å². The van der Waals surface area contributed by atoms with E-state index in [0.717, 1.165) is 42.9 Å². The van der Waals surface area contributed by atoms with Crippen LogP contribution in [0.2, 0.25) is 0 Å². The van der Waals surface area contributed by atoms with Gasteiger partial charge in [-0.1, -0.05) is 48.5 Å². The number of amides is 2. The quantitative estimate of drug-likeness (QED) is 0.859. The molecule has 2 aliphatic rings. The van der Waals surface area contributed by atoms with Crippen molar-refractivity contribution in [2.75, 3.05) is 25.0 Å². The van der Waals surface area contributed by atoms with Crippen molar-refractivity contribution in [1.82, 2.24) is 10.2 Å². The average Bonchev–Trinajstić information content (AvgIpc) is 3.20. The molecular formula is C22H25N3O2. The number of carbonyl (C=O) groups is 2. The van der Waals surface area contributed by atoms with Gasteiger partial charge in [-0.15, -0.1) is 0 Å². The van der Waals surface area contributed by atoms with Crippen molar-refractivity contribution in [1.29, 1.82) is 0 Å². The first-order valence-electron chi connectivity index (χ1n) is 9.63. The molecule has 2 unspecified atom stereocenters. The van der Waals surface area contributed by atoms with E-state index < -0.39 is 5.92 Å². The van der Waals surface area contributed by atoms with E-state index in [1.807, 2.05) is 47.4 Å². The molecule has 5 heteroatoms. The maximum atomic E-state index is 13.5. The summed E-state index contributed by atoms with van der Waals surface area (Å²) in [5.41, 5.74) is 2.80. The molecule has 2 amide bonds. The lowest BCUT2D eigenvalue weighted by molar-refractivity contribution is -0.136. The fourth-order valence-corrected chi connectivity index (χ4v) is 4.07. The summed E-state index contributed by atoms with van der Waals surface area (Å²) < 4.78 is 0. The number of hydrogen-bond donors (Lipinski definition) is 2. The highest BCUT2D eigenvalue weighted by atomic mass is 16.2. The second kappa shape index (κ2) is 7.92. The standard InChI is InChI=1S/C22H25N3O2/c26-21-12-19(18-8-4-5-9-20(18)24-21)22(27)25(15-17-10-11-23-13-17)14-16-6-2-1-3-7-16/h1-9,17,19,23H,10-15H2,(H,24,26). The molecule has 140 valence electrons. The zero-order chi connectivity index (χ0) is 18.6. The average molecular weight is 363 g/mol. The molecule has 2 aliphatic heterocycles. The Kier molecular flexibility index (Phi) is 5.21. The van der Waals surface area contributed by atoms with Crippen molar-refractivity contribution in [3.8, 4) is 0 Å². The molecule has 27 heavy (non-hydrogen) atoms. The van der Waals surface area contributed by atoms with Crippen molar-refractivity contribution >= 4 is 17.5 Å². The first-order valence-corrected chi connectivity index (χ1v) is 9.63. The number of nitrogens with one attached hydrogen (secondary N) is 2. The summed E-state index contributed by atoms with van der Waals surface area (Å²) in [4.78, 5) is 27.6. The number of nitrogens with zero attached hydrogens (tertiary/aromatic N) is 1. The number of benzene rings is 2. The number of carbonyl (C=O) groups excluding carboxylic acids is 2. The van der Waals surface area contributed by atoms with E-state index in [9.17, 15) is 9.59 Å². The van der Waals surface area contributed by atoms with Crippen LogP contribution < -0.4 is 10.6 Å². The van der Waals surface area contributed by atoms with Gasteiger partial charge < -0.3 is 15.5 Å². The van der Waals surface area contributed by atoms with Crippen LogP contribution in [-0.2, 0) is 16.1 Å². The molecule has 2 aromatic rings. The van der Waals surface area contributed by atoms with Crippen LogP contribution in [0.25, 0.3) is 0 Å². The summed E-state index contributed by atoms with van der Waals surface area (Å²) in [5.74, 6) is 0.0145. The number of para-hydroxylation sites is 1. The van der Waals surface area contributed by atoms with Gasteiger partial charge in [-0.2, -0.15) is 0 Å². The molecule has 5 nitrogen and oxygen atoms in total. The smallest absolute Gasteiger partial charge is 0.231 e. The highest BCUT2D eigenvalue weighted by molar-refractivity contribution is 6.01. The van der Waals surface area contributed by atoms with Gasteiger partial charge in [-0.05, 0) is 42.6 Å². The van der Waals surface area contributed by atoms with Crippen LogP contribution in [0, 0.1) is 5.92 Å². The minimum Gasteiger partial charge on any atom is -0.338 e. The SMILES string of the molecule is O=C1CC(C(=O)N(Cc2ccccc2)CC2CCNC2)c2ccccc2N1. The molecular weight excluding hydrogens is 338 g/mol. The zero-order valence-electron chi connectivity index (χ0n) is 15.4. The Balaban J connectivity index is 1.60. The van der Waals surface area contributed by atoms with Gasteiger partial charge in [0.05, 0.1) is 5.92 Å². The Bertz CT molecular complexity index is 815. The Labute approximate surface area is 159 Å². The molecule has 0 bridgehead atoms. The minimum atomic E-state index is -0.409. The first-order chi connectivity index (χ1) is 13.2. The van der Waals surface area contributed by atoms with Gasteiger partial charge in [-0.3, -0.25) is 9.59 Å². The highest BCUT2D eigenvalue weighted by Gasteiger charge is 2.34. The van der Waals surface area contributed by atoms with Gasteiger partial charge in [0.15, 0.2) is 0 Å². The Morgan fingerprint density at radius 3 is 2.63 bits per heavy atom. The summed E-state index contributed by atoms with van der Waals surface area (Å²) in [6.45, 7) is 3.25. The van der Waals surface area contributed by atoms with E-state index >= 15 is 0 Å². The van der Waals surface area contributed by atoms with Crippen molar-refractivity contribution in [2.24, 2.45) is 5.92 Å². The molecule has 2 N–H and O–H groups in total. The molecule has 0 aliphatic carbocycles. The fraction of sp³-hybridized carbons (Fsp3) is 0.364. The topological polar surface area (TPSA) is 61.4 Å². The van der Waals surface area contributed by atoms with Gasteiger partial charge in [0.25, 0.3) is 0 Å². The summed E-state index contributed by atoms with van der Waals surface area (Å²) in [6, 6.07) is 17.7. The van der Waals surface area contributed by atoms with Crippen molar-refractivity contribution in [3.63, 3.8) is 0 Å². The molecule has 0 spiro atoms. The van der Waals surface area contributed by atoms with E-state index in [4.69, 9.17) is 0 Å². The molecule has 2 heterocycles. The largest absolute Gasteiger partial charge is 0.338 e. The van der Waals surface area contributed by atoms with E-state index in [-0.39, 0.29) is 18.2 Å². The van der Waals surface area contributed by atoms with Crippen LogP contribution in [0.1, 0.15) is 29.9 Å². The van der Waals surface area contributed by atoms with Crippen LogP contribution >= 0.6 is 0 Å². The molecule has 0 radical (unpaired) electrons. The van der Waals surface area contributed by atoms with E-state index in [1.54, 1.807) is 0 Å². The van der Waals surface area contributed by atoms with Gasteiger partial charge in [0.1, 0.15) is 0 Å². The Morgan fingerprint density at radius 2 is 1.85 bits per heavy atom. The molecule has 2 atom stereocenters. The third-order valence-corrected chi connectivity index (χ3v) is 5.47. The molecule has 2 aromatic carbocycles. The van der Waals surface area contributed by atoms with Crippen LogP contribution in [0.15, 0.2) is 54.6 Å². The molecule has 1 saturated heterocycles. The lowest BCUT2D eigenvalue weighted by Crippen LogP contribution is -2.41. The normalized spacial score (nSPS) is 21.4. The second-order valence-corrected chi connectivity index (χ2v) is 7.46. The van der Waals surface area contributed by atoms with Gasteiger partial charge in [-0.25, -0.2) is 0 Å². The van der Waals surface area contributed by atoms with Crippen molar-refractivity contribution in [2.45, 2.75) is 25.3 Å². The van der Waals surface area contributed by atoms with Crippen LogP contribution in [-0.4, -0.2) is 36.3 Å². The maximum Gasteiger partial charge on any atom is 0.231 e. The third kappa shape index (κ3) is 4.03. The summed E-state index contributed by atoms with van der Waals surface area (Å²) >= 11 is 0. The lowest BCUT2D eigenvalue weighted by Gasteiger charge is -2.32. The predicted octanol–water partition coefficient (Wildman–Crippen LogP) is 2.75. The monoisotopic (exact) mass is 363 g/mol. The molecule has 4 rings (SSSR count). The summed E-state index contributed by atoms with van der Waals surface area (Å²) in [7, 11) is 0. The van der Waals surface area contributed by atoms with E-state index in [0.29, 0.717) is 12.5 Å². The van der Waals surface area contributed by atoms with Crippen molar-refractivity contribution < 1.29 is 9.59 Å². The first kappa shape index (κ1) is 17.7.